The minimum atomic E-state index is -0.393. The predicted octanol–water partition coefficient (Wildman–Crippen LogP) is 3.13. The van der Waals surface area contributed by atoms with Crippen molar-refractivity contribution in [2.24, 2.45) is 7.05 Å². The van der Waals surface area contributed by atoms with Gasteiger partial charge in [0.1, 0.15) is 11.5 Å². The predicted molar refractivity (Wildman–Crippen MR) is 95.1 cm³/mol. The number of ether oxygens (including phenoxy) is 1. The lowest BCUT2D eigenvalue weighted by molar-refractivity contribution is 0.0956. The number of hydrogen-bond acceptors (Lipinski definition) is 4. The molecule has 1 amide bonds. The molecule has 0 fully saturated rings. The highest BCUT2D eigenvalue weighted by Crippen LogP contribution is 2.37. The van der Waals surface area contributed by atoms with E-state index in [9.17, 15) is 9.18 Å². The van der Waals surface area contributed by atoms with Crippen LogP contribution in [0, 0.1) is 12.7 Å². The number of rotatable bonds is 4. The topological polar surface area (TPSA) is 68.2 Å². The largest absolute Gasteiger partial charge is 0.493 e. The summed E-state index contributed by atoms with van der Waals surface area (Å²) in [7, 11) is 4.84. The van der Waals surface area contributed by atoms with Gasteiger partial charge in [-0.05, 0) is 24.6 Å². The molecular weight excluding hydrogens is 323 g/mol. The second-order valence-electron chi connectivity index (χ2n) is 5.71. The summed E-state index contributed by atoms with van der Waals surface area (Å²) in [5.74, 6) is -0.158. The monoisotopic (exact) mass is 342 g/mol. The molecular formula is C18H19FN4O2. The van der Waals surface area contributed by atoms with E-state index in [4.69, 9.17) is 4.74 Å². The lowest BCUT2D eigenvalue weighted by atomic mass is 10.2. The van der Waals surface area contributed by atoms with Crippen LogP contribution in [0.2, 0.25) is 0 Å². The molecule has 0 atom stereocenters. The highest BCUT2D eigenvalue weighted by molar-refractivity contribution is 6.10. The SMILES string of the molecule is CNC(=O)c1c(Nc2ccc(C)cc2F)c2cncc(OC)c2n1C. The summed E-state index contributed by atoms with van der Waals surface area (Å²) < 4.78 is 21.4. The minimum Gasteiger partial charge on any atom is -0.493 e. The molecule has 0 spiro atoms. The van der Waals surface area contributed by atoms with Crippen LogP contribution < -0.4 is 15.4 Å². The van der Waals surface area contributed by atoms with Crippen molar-refractivity contribution in [3.8, 4) is 5.75 Å². The third kappa shape index (κ3) is 2.77. The molecule has 0 aliphatic rings. The fraction of sp³-hybridized carbons (Fsp3) is 0.222. The van der Waals surface area contributed by atoms with Crippen molar-refractivity contribution in [1.82, 2.24) is 14.9 Å². The van der Waals surface area contributed by atoms with Gasteiger partial charge in [-0.25, -0.2) is 4.39 Å². The summed E-state index contributed by atoms with van der Waals surface area (Å²) in [6, 6.07) is 4.88. The van der Waals surface area contributed by atoms with Crippen molar-refractivity contribution < 1.29 is 13.9 Å². The highest BCUT2D eigenvalue weighted by atomic mass is 19.1. The summed E-state index contributed by atoms with van der Waals surface area (Å²) in [5.41, 5.74) is 2.64. The third-order valence-electron chi connectivity index (χ3n) is 4.11. The quantitative estimate of drug-likeness (QED) is 0.764. The number of amides is 1. The Bertz CT molecular complexity index is 965. The van der Waals surface area contributed by atoms with Gasteiger partial charge in [0.05, 0.1) is 30.2 Å². The van der Waals surface area contributed by atoms with Crippen molar-refractivity contribution in [2.45, 2.75) is 6.92 Å². The molecule has 7 heteroatoms. The lowest BCUT2D eigenvalue weighted by Gasteiger charge is -2.10. The summed E-state index contributed by atoms with van der Waals surface area (Å²) >= 11 is 0. The van der Waals surface area contributed by atoms with Gasteiger partial charge in [-0.2, -0.15) is 0 Å². The number of aromatic nitrogens is 2. The Morgan fingerprint density at radius 1 is 1.32 bits per heavy atom. The van der Waals surface area contributed by atoms with Gasteiger partial charge in [0.2, 0.25) is 0 Å². The van der Waals surface area contributed by atoms with Crippen LogP contribution in [0.5, 0.6) is 5.75 Å². The number of nitrogens with one attached hydrogen (secondary N) is 2. The zero-order valence-corrected chi connectivity index (χ0v) is 14.5. The molecule has 0 saturated heterocycles. The van der Waals surface area contributed by atoms with E-state index in [-0.39, 0.29) is 11.6 Å². The molecule has 6 nitrogen and oxygen atoms in total. The maximum Gasteiger partial charge on any atom is 0.269 e. The number of carbonyl (C=O) groups excluding carboxylic acids is 1. The first-order valence-corrected chi connectivity index (χ1v) is 7.73. The van der Waals surface area contributed by atoms with Gasteiger partial charge in [-0.1, -0.05) is 6.07 Å². The Hall–Kier alpha value is -3.09. The number of aryl methyl sites for hydroxylation is 2. The number of hydrogen-bond donors (Lipinski definition) is 2. The number of carbonyl (C=O) groups is 1. The van der Waals surface area contributed by atoms with E-state index >= 15 is 0 Å². The zero-order valence-electron chi connectivity index (χ0n) is 14.5. The standard InChI is InChI=1S/C18H19FN4O2/c1-10-5-6-13(12(19)7-10)22-15-11-8-21-9-14(25-4)16(11)23(3)17(15)18(24)20-2/h5-9,22H,1-4H3,(H,20,24). The van der Waals surface area contributed by atoms with Crippen LogP contribution in [-0.2, 0) is 7.05 Å². The molecule has 2 heterocycles. The maximum atomic E-state index is 14.3. The molecule has 0 aliphatic heterocycles. The molecule has 1 aromatic carbocycles. The first kappa shape index (κ1) is 16.8. The summed E-state index contributed by atoms with van der Waals surface area (Å²) in [6.07, 6.45) is 3.20. The molecule has 0 saturated carbocycles. The second-order valence-corrected chi connectivity index (χ2v) is 5.71. The van der Waals surface area contributed by atoms with E-state index in [2.05, 4.69) is 15.6 Å². The number of methoxy groups -OCH3 is 1. The Morgan fingerprint density at radius 3 is 2.72 bits per heavy atom. The zero-order chi connectivity index (χ0) is 18.1. The van der Waals surface area contributed by atoms with Gasteiger partial charge in [-0.3, -0.25) is 9.78 Å². The van der Waals surface area contributed by atoms with Crippen LogP contribution in [0.3, 0.4) is 0 Å². The molecule has 0 aliphatic carbocycles. The van der Waals surface area contributed by atoms with E-state index in [0.29, 0.717) is 28.0 Å². The fourth-order valence-electron chi connectivity index (χ4n) is 2.89. The Kier molecular flexibility index (Phi) is 4.31. The van der Waals surface area contributed by atoms with Crippen LogP contribution >= 0.6 is 0 Å². The molecule has 2 aromatic heterocycles. The van der Waals surface area contributed by atoms with Gasteiger partial charge in [0.15, 0.2) is 5.75 Å². The lowest BCUT2D eigenvalue weighted by Crippen LogP contribution is -2.21. The second kappa shape index (κ2) is 6.43. The Balaban J connectivity index is 2.26. The molecule has 3 rings (SSSR count). The number of fused-ring (bicyclic) bond motifs is 1. The van der Waals surface area contributed by atoms with Crippen LogP contribution in [0.1, 0.15) is 16.1 Å². The number of benzene rings is 1. The number of halogens is 1. The highest BCUT2D eigenvalue weighted by Gasteiger charge is 2.23. The van der Waals surface area contributed by atoms with Crippen molar-refractivity contribution in [3.05, 3.63) is 47.7 Å². The van der Waals surface area contributed by atoms with Crippen LogP contribution in [0.15, 0.2) is 30.6 Å². The van der Waals surface area contributed by atoms with Crippen molar-refractivity contribution in [3.63, 3.8) is 0 Å². The fourth-order valence-corrected chi connectivity index (χ4v) is 2.89. The molecule has 130 valence electrons. The van der Waals surface area contributed by atoms with E-state index in [1.54, 1.807) is 43.2 Å². The molecule has 2 N–H and O–H groups in total. The van der Waals surface area contributed by atoms with Crippen LogP contribution in [0.25, 0.3) is 10.9 Å². The first-order chi connectivity index (χ1) is 12.0. The van der Waals surface area contributed by atoms with Crippen LogP contribution in [-0.4, -0.2) is 29.6 Å². The van der Waals surface area contributed by atoms with Gasteiger partial charge >= 0.3 is 0 Å². The molecule has 0 radical (unpaired) electrons. The number of anilines is 2. The summed E-state index contributed by atoms with van der Waals surface area (Å²) in [5, 5.41) is 6.33. The first-order valence-electron chi connectivity index (χ1n) is 7.73. The molecule has 0 bridgehead atoms. The minimum absolute atomic E-state index is 0.283. The third-order valence-corrected chi connectivity index (χ3v) is 4.11. The van der Waals surface area contributed by atoms with Gasteiger partial charge in [0, 0.05) is 25.7 Å². The smallest absolute Gasteiger partial charge is 0.269 e. The molecule has 25 heavy (non-hydrogen) atoms. The number of pyridine rings is 1. The van der Waals surface area contributed by atoms with Crippen molar-refractivity contribution in [1.29, 1.82) is 0 Å². The van der Waals surface area contributed by atoms with Gasteiger partial charge < -0.3 is 19.9 Å². The van der Waals surface area contributed by atoms with Crippen molar-refractivity contribution in [2.75, 3.05) is 19.5 Å². The average molecular weight is 342 g/mol. The maximum absolute atomic E-state index is 14.3. The molecule has 3 aromatic rings. The summed E-state index contributed by atoms with van der Waals surface area (Å²) in [6.45, 7) is 1.81. The van der Waals surface area contributed by atoms with Crippen molar-refractivity contribution >= 4 is 28.2 Å². The average Bonchev–Trinajstić information content (AvgIpc) is 2.89. The number of nitrogens with zero attached hydrogens (tertiary/aromatic N) is 2. The van der Waals surface area contributed by atoms with E-state index in [1.807, 2.05) is 6.92 Å². The van der Waals surface area contributed by atoms with E-state index < -0.39 is 5.82 Å². The Labute approximate surface area is 144 Å². The Morgan fingerprint density at radius 2 is 2.08 bits per heavy atom. The van der Waals surface area contributed by atoms with E-state index in [1.165, 1.54) is 13.2 Å². The normalized spacial score (nSPS) is 10.8. The van der Waals surface area contributed by atoms with Crippen LogP contribution in [0.4, 0.5) is 15.8 Å². The van der Waals surface area contributed by atoms with Gasteiger partial charge in [0.25, 0.3) is 5.91 Å². The van der Waals surface area contributed by atoms with E-state index in [0.717, 1.165) is 5.56 Å². The van der Waals surface area contributed by atoms with Gasteiger partial charge in [-0.15, -0.1) is 0 Å². The summed E-state index contributed by atoms with van der Waals surface area (Å²) in [4.78, 5) is 16.6. The molecule has 0 unspecified atom stereocenters.